The number of nitrogens with zero attached hydrogens (tertiary/aromatic N) is 1. The quantitative estimate of drug-likeness (QED) is 0.605. The molecule has 4 heteroatoms. The summed E-state index contributed by atoms with van der Waals surface area (Å²) in [6.07, 6.45) is 10.4. The van der Waals surface area contributed by atoms with Crippen molar-refractivity contribution in [1.82, 2.24) is 15.5 Å². The Kier molecular flexibility index (Phi) is 9.31. The van der Waals surface area contributed by atoms with Crippen molar-refractivity contribution in [2.24, 2.45) is 11.8 Å². The lowest BCUT2D eigenvalue weighted by Gasteiger charge is -2.32. The molecule has 0 bridgehead atoms. The van der Waals surface area contributed by atoms with E-state index in [0.717, 1.165) is 44.3 Å². The fraction of sp³-hybridized carbons (Fsp3) is 0.708. The van der Waals surface area contributed by atoms with E-state index < -0.39 is 0 Å². The highest BCUT2D eigenvalue weighted by molar-refractivity contribution is 5.75. The standard InChI is InChI=1S/C24H39N3O/c28-24(9-8-21-10-15-25-16-11-21)26-14-4-5-17-27-18-12-23(13-19-27)20-22-6-2-1-3-7-22/h1-3,6-7,21,23,25H,4-5,8-20H2,(H,26,28). The Bertz CT molecular complexity index is 548. The van der Waals surface area contributed by atoms with E-state index >= 15 is 0 Å². The molecule has 2 heterocycles. The Morgan fingerprint density at radius 3 is 2.50 bits per heavy atom. The molecule has 0 spiro atoms. The van der Waals surface area contributed by atoms with Crippen molar-refractivity contribution in [3.8, 4) is 0 Å². The topological polar surface area (TPSA) is 44.4 Å². The van der Waals surface area contributed by atoms with Gasteiger partial charge in [0.1, 0.15) is 0 Å². The predicted octanol–water partition coefficient (Wildman–Crippen LogP) is 3.62. The van der Waals surface area contributed by atoms with Crippen molar-refractivity contribution < 1.29 is 4.79 Å². The zero-order valence-electron chi connectivity index (χ0n) is 17.5. The van der Waals surface area contributed by atoms with Gasteiger partial charge >= 0.3 is 0 Å². The first-order valence-corrected chi connectivity index (χ1v) is 11.5. The second kappa shape index (κ2) is 12.2. The number of amides is 1. The molecule has 2 aliphatic rings. The van der Waals surface area contributed by atoms with Crippen LogP contribution in [0, 0.1) is 11.8 Å². The Balaban J connectivity index is 1.17. The third-order valence-corrected chi connectivity index (χ3v) is 6.54. The Morgan fingerprint density at radius 1 is 1.00 bits per heavy atom. The van der Waals surface area contributed by atoms with Crippen molar-refractivity contribution in [1.29, 1.82) is 0 Å². The predicted molar refractivity (Wildman–Crippen MR) is 116 cm³/mol. The fourth-order valence-electron chi connectivity index (χ4n) is 4.64. The van der Waals surface area contributed by atoms with Crippen LogP contribution in [0.4, 0.5) is 0 Å². The summed E-state index contributed by atoms with van der Waals surface area (Å²) in [6, 6.07) is 10.9. The van der Waals surface area contributed by atoms with Crippen molar-refractivity contribution in [3.63, 3.8) is 0 Å². The second-order valence-electron chi connectivity index (χ2n) is 8.76. The van der Waals surface area contributed by atoms with Crippen LogP contribution in [0.3, 0.4) is 0 Å². The van der Waals surface area contributed by atoms with Gasteiger partial charge in [-0.25, -0.2) is 0 Å². The fourth-order valence-corrected chi connectivity index (χ4v) is 4.64. The van der Waals surface area contributed by atoms with E-state index in [9.17, 15) is 4.79 Å². The summed E-state index contributed by atoms with van der Waals surface area (Å²) in [5.41, 5.74) is 1.48. The normalized spacial score (nSPS) is 19.6. The summed E-state index contributed by atoms with van der Waals surface area (Å²) in [6.45, 7) is 6.74. The van der Waals surface area contributed by atoms with Crippen molar-refractivity contribution in [2.75, 3.05) is 39.3 Å². The summed E-state index contributed by atoms with van der Waals surface area (Å²) >= 11 is 0. The van der Waals surface area contributed by atoms with Crippen LogP contribution < -0.4 is 10.6 Å². The molecule has 2 aliphatic heterocycles. The van der Waals surface area contributed by atoms with Crippen LogP contribution in [0.25, 0.3) is 0 Å². The minimum atomic E-state index is 0.250. The first kappa shape index (κ1) is 21.3. The van der Waals surface area contributed by atoms with E-state index in [0.29, 0.717) is 6.42 Å². The number of carbonyl (C=O) groups excluding carboxylic acids is 1. The lowest BCUT2D eigenvalue weighted by molar-refractivity contribution is -0.121. The van der Waals surface area contributed by atoms with Crippen LogP contribution in [-0.2, 0) is 11.2 Å². The molecular formula is C24H39N3O. The minimum absolute atomic E-state index is 0.250. The zero-order valence-corrected chi connectivity index (χ0v) is 17.5. The number of carbonyl (C=O) groups is 1. The Labute approximate surface area is 171 Å². The number of piperidine rings is 2. The van der Waals surface area contributed by atoms with Gasteiger partial charge in [-0.2, -0.15) is 0 Å². The molecule has 28 heavy (non-hydrogen) atoms. The van der Waals surface area contributed by atoms with Gasteiger partial charge in [0.25, 0.3) is 0 Å². The summed E-state index contributed by atoms with van der Waals surface area (Å²) in [5, 5.41) is 6.51. The SMILES string of the molecule is O=C(CCC1CCNCC1)NCCCCN1CCC(Cc2ccccc2)CC1. The van der Waals surface area contributed by atoms with Crippen molar-refractivity contribution >= 4 is 5.91 Å². The molecule has 1 aromatic rings. The Morgan fingerprint density at radius 2 is 1.75 bits per heavy atom. The van der Waals surface area contributed by atoms with E-state index in [4.69, 9.17) is 0 Å². The number of hydrogen-bond donors (Lipinski definition) is 2. The average molecular weight is 386 g/mol. The van der Waals surface area contributed by atoms with Gasteiger partial charge in [0, 0.05) is 13.0 Å². The van der Waals surface area contributed by atoms with Gasteiger partial charge in [-0.15, -0.1) is 0 Å². The van der Waals surface area contributed by atoms with Gasteiger partial charge in [-0.1, -0.05) is 30.3 Å². The van der Waals surface area contributed by atoms with E-state index in [-0.39, 0.29) is 5.91 Å². The third-order valence-electron chi connectivity index (χ3n) is 6.54. The molecule has 3 rings (SSSR count). The lowest BCUT2D eigenvalue weighted by Crippen LogP contribution is -2.35. The molecule has 156 valence electrons. The number of unbranched alkanes of at least 4 members (excludes halogenated alkanes) is 1. The molecule has 1 aromatic carbocycles. The maximum atomic E-state index is 12.0. The summed E-state index contributed by atoms with van der Waals surface area (Å²) in [4.78, 5) is 14.6. The molecule has 1 amide bonds. The molecule has 2 saturated heterocycles. The van der Waals surface area contributed by atoms with E-state index in [2.05, 4.69) is 45.9 Å². The molecule has 0 unspecified atom stereocenters. The van der Waals surface area contributed by atoms with E-state index in [1.54, 1.807) is 0 Å². The van der Waals surface area contributed by atoms with E-state index in [1.807, 2.05) is 0 Å². The highest BCUT2D eigenvalue weighted by atomic mass is 16.1. The molecule has 4 nitrogen and oxygen atoms in total. The second-order valence-corrected chi connectivity index (χ2v) is 8.76. The Hall–Kier alpha value is -1.39. The number of benzene rings is 1. The van der Waals surface area contributed by atoms with Crippen LogP contribution in [0.2, 0.25) is 0 Å². The highest BCUT2D eigenvalue weighted by Gasteiger charge is 2.19. The van der Waals surface area contributed by atoms with Crippen LogP contribution in [-0.4, -0.2) is 50.1 Å². The van der Waals surface area contributed by atoms with E-state index in [1.165, 1.54) is 63.7 Å². The van der Waals surface area contributed by atoms with Crippen LogP contribution >= 0.6 is 0 Å². The summed E-state index contributed by atoms with van der Waals surface area (Å²) in [7, 11) is 0. The van der Waals surface area contributed by atoms with Crippen LogP contribution in [0.1, 0.15) is 56.9 Å². The molecule has 0 aromatic heterocycles. The van der Waals surface area contributed by atoms with Gasteiger partial charge in [0.2, 0.25) is 5.91 Å². The van der Waals surface area contributed by atoms with Crippen molar-refractivity contribution in [2.45, 2.75) is 57.8 Å². The molecule has 2 N–H and O–H groups in total. The average Bonchev–Trinajstić information content (AvgIpc) is 2.75. The molecule has 2 fully saturated rings. The number of rotatable bonds is 10. The maximum Gasteiger partial charge on any atom is 0.220 e. The molecule has 0 atom stereocenters. The first-order valence-electron chi connectivity index (χ1n) is 11.5. The molecular weight excluding hydrogens is 346 g/mol. The van der Waals surface area contributed by atoms with Gasteiger partial charge < -0.3 is 15.5 Å². The van der Waals surface area contributed by atoms with Gasteiger partial charge in [0.05, 0.1) is 0 Å². The summed E-state index contributed by atoms with van der Waals surface area (Å²) < 4.78 is 0. The number of likely N-dealkylation sites (tertiary alicyclic amines) is 1. The molecule has 0 aliphatic carbocycles. The number of hydrogen-bond acceptors (Lipinski definition) is 3. The summed E-state index contributed by atoms with van der Waals surface area (Å²) in [5.74, 6) is 1.84. The maximum absolute atomic E-state index is 12.0. The van der Waals surface area contributed by atoms with Gasteiger partial charge in [-0.05, 0) is 101 Å². The van der Waals surface area contributed by atoms with Gasteiger partial charge in [0.15, 0.2) is 0 Å². The lowest BCUT2D eigenvalue weighted by atomic mass is 9.90. The highest BCUT2D eigenvalue weighted by Crippen LogP contribution is 2.22. The largest absolute Gasteiger partial charge is 0.356 e. The van der Waals surface area contributed by atoms with Gasteiger partial charge in [-0.3, -0.25) is 4.79 Å². The van der Waals surface area contributed by atoms with Crippen LogP contribution in [0.15, 0.2) is 30.3 Å². The smallest absolute Gasteiger partial charge is 0.220 e. The zero-order chi connectivity index (χ0) is 19.4. The third kappa shape index (κ3) is 7.92. The molecule has 0 radical (unpaired) electrons. The minimum Gasteiger partial charge on any atom is -0.356 e. The molecule has 0 saturated carbocycles. The first-order chi connectivity index (χ1) is 13.8. The monoisotopic (exact) mass is 385 g/mol. The van der Waals surface area contributed by atoms with Crippen molar-refractivity contribution in [3.05, 3.63) is 35.9 Å². The number of nitrogens with one attached hydrogen (secondary N) is 2. The van der Waals surface area contributed by atoms with Crippen LogP contribution in [0.5, 0.6) is 0 Å².